The molecule has 1 N–H and O–H groups in total. The molecule has 0 bridgehead atoms. The zero-order valence-corrected chi connectivity index (χ0v) is 15.4. The molecule has 0 aliphatic rings. The standard InChI is InChI=1S/C18H18N6OS/c1-4-9-24-12(2)21-22-18(24)26-11-16(25)13(10-19)17-20-14-7-5-6-8-15(14)23(17)3/h4-8,25H,1,9,11H2,2-3H3/b16-13-. The molecule has 1 aromatic carbocycles. The monoisotopic (exact) mass is 366 g/mol. The van der Waals surface area contributed by atoms with Gasteiger partial charge < -0.3 is 14.2 Å². The van der Waals surface area contributed by atoms with Crippen molar-refractivity contribution in [3.05, 3.63) is 54.3 Å². The van der Waals surface area contributed by atoms with E-state index in [4.69, 9.17) is 0 Å². The molecular formula is C18H18N6OS. The number of hydrogen-bond acceptors (Lipinski definition) is 6. The minimum atomic E-state index is -0.0401. The molecule has 3 aromatic rings. The summed E-state index contributed by atoms with van der Waals surface area (Å²) in [6.45, 7) is 6.17. The van der Waals surface area contributed by atoms with Gasteiger partial charge in [0, 0.05) is 13.6 Å². The lowest BCUT2D eigenvalue weighted by Gasteiger charge is -2.07. The van der Waals surface area contributed by atoms with E-state index in [2.05, 4.69) is 27.8 Å². The maximum Gasteiger partial charge on any atom is 0.191 e. The van der Waals surface area contributed by atoms with E-state index in [-0.39, 0.29) is 17.1 Å². The number of rotatable bonds is 6. The van der Waals surface area contributed by atoms with Gasteiger partial charge in [-0.25, -0.2) is 4.98 Å². The third-order valence-corrected chi connectivity index (χ3v) is 4.94. The number of hydrogen-bond donors (Lipinski definition) is 1. The first-order valence-corrected chi connectivity index (χ1v) is 8.93. The Morgan fingerprint density at radius 3 is 2.85 bits per heavy atom. The molecule has 0 amide bonds. The molecule has 0 atom stereocenters. The second-order valence-corrected chi connectivity index (χ2v) is 6.58. The number of allylic oxidation sites excluding steroid dienone is 2. The molecule has 3 rings (SSSR count). The van der Waals surface area contributed by atoms with Crippen LogP contribution >= 0.6 is 11.8 Å². The smallest absolute Gasteiger partial charge is 0.191 e. The number of nitriles is 1. The van der Waals surface area contributed by atoms with Crippen LogP contribution in [0.1, 0.15) is 11.6 Å². The van der Waals surface area contributed by atoms with Crippen LogP contribution < -0.4 is 0 Å². The summed E-state index contributed by atoms with van der Waals surface area (Å²) in [5.74, 6) is 1.37. The Morgan fingerprint density at radius 2 is 2.15 bits per heavy atom. The van der Waals surface area contributed by atoms with Crippen molar-refractivity contribution in [2.45, 2.75) is 18.6 Å². The SMILES string of the molecule is C=CCn1c(C)nnc1SC/C(O)=C(\C#N)c1nc2ccccc2n1C. The number of imidazole rings is 1. The zero-order chi connectivity index (χ0) is 18.7. The highest BCUT2D eigenvalue weighted by atomic mass is 32.2. The Kier molecular flexibility index (Phi) is 5.09. The summed E-state index contributed by atoms with van der Waals surface area (Å²) in [5.41, 5.74) is 1.83. The number of nitrogens with zero attached hydrogens (tertiary/aromatic N) is 6. The maximum atomic E-state index is 10.5. The van der Waals surface area contributed by atoms with Crippen LogP contribution in [0.25, 0.3) is 16.6 Å². The quantitative estimate of drug-likeness (QED) is 0.312. The van der Waals surface area contributed by atoms with E-state index >= 15 is 0 Å². The second kappa shape index (κ2) is 7.45. The Balaban J connectivity index is 1.91. The minimum Gasteiger partial charge on any atom is -0.510 e. The van der Waals surface area contributed by atoms with E-state index in [0.717, 1.165) is 16.9 Å². The highest BCUT2D eigenvalue weighted by molar-refractivity contribution is 7.99. The first-order valence-electron chi connectivity index (χ1n) is 7.94. The van der Waals surface area contributed by atoms with Gasteiger partial charge in [-0.3, -0.25) is 0 Å². The van der Waals surface area contributed by atoms with Gasteiger partial charge in [0.2, 0.25) is 0 Å². The molecule has 7 nitrogen and oxygen atoms in total. The van der Waals surface area contributed by atoms with Crippen molar-refractivity contribution in [2.24, 2.45) is 7.05 Å². The summed E-state index contributed by atoms with van der Waals surface area (Å²) in [6, 6.07) is 9.67. The summed E-state index contributed by atoms with van der Waals surface area (Å²) in [5, 5.41) is 28.9. The Bertz CT molecular complexity index is 1040. The third-order valence-electron chi connectivity index (χ3n) is 3.96. The fourth-order valence-corrected chi connectivity index (χ4v) is 3.50. The van der Waals surface area contributed by atoms with Crippen molar-refractivity contribution in [3.8, 4) is 6.07 Å². The van der Waals surface area contributed by atoms with Gasteiger partial charge in [-0.05, 0) is 19.1 Å². The molecule has 0 spiro atoms. The third kappa shape index (κ3) is 3.21. The highest BCUT2D eigenvalue weighted by Crippen LogP contribution is 2.25. The molecule has 0 aliphatic carbocycles. The molecule has 2 aromatic heterocycles. The van der Waals surface area contributed by atoms with Crippen LogP contribution in [0.3, 0.4) is 0 Å². The molecule has 0 aliphatic heterocycles. The predicted molar refractivity (Wildman–Crippen MR) is 102 cm³/mol. The van der Waals surface area contributed by atoms with Crippen LogP contribution in [0.2, 0.25) is 0 Å². The van der Waals surface area contributed by atoms with E-state index in [9.17, 15) is 10.4 Å². The lowest BCUT2D eigenvalue weighted by Crippen LogP contribution is -2.03. The minimum absolute atomic E-state index is 0.0401. The number of aromatic nitrogens is 5. The van der Waals surface area contributed by atoms with Crippen molar-refractivity contribution >= 4 is 28.4 Å². The molecule has 0 fully saturated rings. The topological polar surface area (TPSA) is 92.5 Å². The largest absolute Gasteiger partial charge is 0.510 e. The highest BCUT2D eigenvalue weighted by Gasteiger charge is 2.17. The van der Waals surface area contributed by atoms with Crippen LogP contribution in [0.4, 0.5) is 0 Å². The zero-order valence-electron chi connectivity index (χ0n) is 14.5. The van der Waals surface area contributed by atoms with E-state index in [1.807, 2.05) is 42.8 Å². The molecule has 0 saturated carbocycles. The first kappa shape index (κ1) is 17.8. The number of thioether (sulfide) groups is 1. The lowest BCUT2D eigenvalue weighted by molar-refractivity contribution is 0.420. The van der Waals surface area contributed by atoms with Gasteiger partial charge in [0.1, 0.15) is 23.2 Å². The Labute approximate surface area is 155 Å². The molecule has 2 heterocycles. The van der Waals surface area contributed by atoms with Gasteiger partial charge in [-0.15, -0.1) is 16.8 Å². The molecular weight excluding hydrogens is 348 g/mol. The van der Waals surface area contributed by atoms with Gasteiger partial charge in [0.05, 0.1) is 16.8 Å². The summed E-state index contributed by atoms with van der Waals surface area (Å²) in [4.78, 5) is 4.48. The number of benzene rings is 1. The van der Waals surface area contributed by atoms with Gasteiger partial charge in [0.15, 0.2) is 11.0 Å². The van der Waals surface area contributed by atoms with Crippen molar-refractivity contribution in [2.75, 3.05) is 5.75 Å². The van der Waals surface area contributed by atoms with Crippen LogP contribution in [-0.2, 0) is 13.6 Å². The number of aliphatic hydroxyl groups is 1. The van der Waals surface area contributed by atoms with Gasteiger partial charge in [0.25, 0.3) is 0 Å². The van der Waals surface area contributed by atoms with Gasteiger partial charge in [-0.2, -0.15) is 5.26 Å². The molecule has 0 radical (unpaired) electrons. The average molecular weight is 366 g/mol. The van der Waals surface area contributed by atoms with Crippen LogP contribution in [0.15, 0.2) is 47.8 Å². The van der Waals surface area contributed by atoms with Crippen LogP contribution in [0.5, 0.6) is 0 Å². The van der Waals surface area contributed by atoms with E-state index in [1.165, 1.54) is 11.8 Å². The normalized spacial score (nSPS) is 12.0. The molecule has 0 saturated heterocycles. The summed E-state index contributed by atoms with van der Waals surface area (Å²) in [7, 11) is 1.83. The Morgan fingerprint density at radius 1 is 1.38 bits per heavy atom. The number of para-hydroxylation sites is 2. The number of aryl methyl sites for hydroxylation is 2. The maximum absolute atomic E-state index is 10.5. The van der Waals surface area contributed by atoms with Crippen molar-refractivity contribution in [1.29, 1.82) is 5.26 Å². The van der Waals surface area contributed by atoms with Crippen molar-refractivity contribution in [1.82, 2.24) is 24.3 Å². The first-order chi connectivity index (χ1) is 12.6. The molecule has 0 unspecified atom stereocenters. The van der Waals surface area contributed by atoms with Crippen molar-refractivity contribution < 1.29 is 5.11 Å². The lowest BCUT2D eigenvalue weighted by atomic mass is 10.2. The van der Waals surface area contributed by atoms with Crippen LogP contribution in [-0.4, -0.2) is 35.2 Å². The predicted octanol–water partition coefficient (Wildman–Crippen LogP) is 3.24. The Hall–Kier alpha value is -3.05. The molecule has 26 heavy (non-hydrogen) atoms. The van der Waals surface area contributed by atoms with E-state index < -0.39 is 0 Å². The van der Waals surface area contributed by atoms with Gasteiger partial charge >= 0.3 is 0 Å². The fourth-order valence-electron chi connectivity index (χ4n) is 2.63. The molecule has 8 heteroatoms. The molecule has 132 valence electrons. The summed E-state index contributed by atoms with van der Waals surface area (Å²) >= 11 is 1.31. The van der Waals surface area contributed by atoms with E-state index in [1.54, 1.807) is 10.6 Å². The number of aliphatic hydroxyl groups excluding tert-OH is 1. The van der Waals surface area contributed by atoms with Gasteiger partial charge in [-0.1, -0.05) is 30.0 Å². The van der Waals surface area contributed by atoms with Crippen LogP contribution in [0, 0.1) is 18.3 Å². The second-order valence-electron chi connectivity index (χ2n) is 5.63. The number of fused-ring (bicyclic) bond motifs is 1. The summed E-state index contributed by atoms with van der Waals surface area (Å²) < 4.78 is 3.70. The average Bonchev–Trinajstić information content (AvgIpc) is 3.16. The fraction of sp³-hybridized carbons (Fsp3) is 0.222. The van der Waals surface area contributed by atoms with Crippen molar-refractivity contribution in [3.63, 3.8) is 0 Å². The summed E-state index contributed by atoms with van der Waals surface area (Å²) in [6.07, 6.45) is 1.76. The van der Waals surface area contributed by atoms with E-state index in [0.29, 0.717) is 17.5 Å².